The lowest BCUT2D eigenvalue weighted by Gasteiger charge is -2.50. The van der Waals surface area contributed by atoms with Gasteiger partial charge in [0, 0.05) is 30.8 Å². The molecule has 1 fully saturated rings. The molecule has 0 aromatic heterocycles. The number of methoxy groups -OCH3 is 1. The summed E-state index contributed by atoms with van der Waals surface area (Å²) >= 11 is 6.28. The van der Waals surface area contributed by atoms with E-state index < -0.39 is 11.5 Å². The molecule has 158 valence electrons. The Bertz CT molecular complexity index is 940. The van der Waals surface area contributed by atoms with E-state index in [2.05, 4.69) is 5.32 Å². The monoisotopic (exact) mass is 426 g/mol. The van der Waals surface area contributed by atoms with Crippen molar-refractivity contribution < 1.29 is 14.3 Å². The second-order valence-corrected chi connectivity index (χ2v) is 8.50. The van der Waals surface area contributed by atoms with Gasteiger partial charge < -0.3 is 15.0 Å². The van der Waals surface area contributed by atoms with E-state index in [0.717, 1.165) is 36.8 Å². The highest BCUT2D eigenvalue weighted by Crippen LogP contribution is 2.50. The molecule has 2 aromatic rings. The van der Waals surface area contributed by atoms with Gasteiger partial charge in [0.25, 0.3) is 5.91 Å². The Morgan fingerprint density at radius 2 is 1.87 bits per heavy atom. The first-order chi connectivity index (χ1) is 14.6. The van der Waals surface area contributed by atoms with Crippen molar-refractivity contribution in [2.75, 3.05) is 20.3 Å². The second kappa shape index (κ2) is 8.78. The van der Waals surface area contributed by atoms with Gasteiger partial charge in [0.15, 0.2) is 0 Å². The van der Waals surface area contributed by atoms with E-state index in [4.69, 9.17) is 16.3 Å². The summed E-state index contributed by atoms with van der Waals surface area (Å²) in [7, 11) is 1.64. The molecule has 6 heteroatoms. The number of amides is 2. The van der Waals surface area contributed by atoms with Gasteiger partial charge in [-0.2, -0.15) is 0 Å². The Morgan fingerprint density at radius 3 is 2.60 bits per heavy atom. The minimum Gasteiger partial charge on any atom is -0.383 e. The van der Waals surface area contributed by atoms with Crippen LogP contribution in [0.25, 0.3) is 0 Å². The van der Waals surface area contributed by atoms with E-state index in [1.807, 2.05) is 53.4 Å². The maximum Gasteiger partial charge on any atom is 0.254 e. The molecule has 4 rings (SSSR count). The Balaban J connectivity index is 1.71. The highest BCUT2D eigenvalue weighted by Gasteiger charge is 2.55. The fraction of sp³-hybridized carbons (Fsp3) is 0.417. The zero-order valence-corrected chi connectivity index (χ0v) is 18.0. The van der Waals surface area contributed by atoms with Crippen molar-refractivity contribution in [2.24, 2.45) is 0 Å². The molecular formula is C24H27ClN2O3. The van der Waals surface area contributed by atoms with E-state index in [0.29, 0.717) is 30.3 Å². The van der Waals surface area contributed by atoms with Crippen LogP contribution in [0.5, 0.6) is 0 Å². The smallest absolute Gasteiger partial charge is 0.254 e. The van der Waals surface area contributed by atoms with Crippen LogP contribution in [-0.2, 0) is 16.1 Å². The van der Waals surface area contributed by atoms with Gasteiger partial charge in [-0.25, -0.2) is 0 Å². The number of hydrogen-bond donors (Lipinski definition) is 1. The van der Waals surface area contributed by atoms with Crippen molar-refractivity contribution in [3.63, 3.8) is 0 Å². The van der Waals surface area contributed by atoms with Crippen molar-refractivity contribution in [3.05, 3.63) is 70.2 Å². The third kappa shape index (κ3) is 3.61. The average Bonchev–Trinajstić information content (AvgIpc) is 3.23. The van der Waals surface area contributed by atoms with Crippen LogP contribution in [0.15, 0.2) is 48.5 Å². The van der Waals surface area contributed by atoms with Gasteiger partial charge in [-0.3, -0.25) is 9.59 Å². The van der Waals surface area contributed by atoms with Crippen LogP contribution in [0, 0.1) is 0 Å². The topological polar surface area (TPSA) is 58.6 Å². The summed E-state index contributed by atoms with van der Waals surface area (Å²) in [5.41, 5.74) is 1.82. The number of carbonyl (C=O) groups is 2. The number of benzene rings is 2. The number of halogens is 1. The number of ether oxygens (including phenoxy) is 1. The molecular weight excluding hydrogens is 400 g/mol. The third-order valence-corrected chi connectivity index (χ3v) is 6.85. The van der Waals surface area contributed by atoms with Crippen LogP contribution < -0.4 is 5.32 Å². The van der Waals surface area contributed by atoms with Gasteiger partial charge >= 0.3 is 0 Å². The average molecular weight is 427 g/mol. The second-order valence-electron chi connectivity index (χ2n) is 8.09. The van der Waals surface area contributed by atoms with Crippen molar-refractivity contribution >= 4 is 23.4 Å². The van der Waals surface area contributed by atoms with Crippen molar-refractivity contribution in [1.82, 2.24) is 10.2 Å². The SMILES string of the molecule is COCCN1C(=O)c2ccccc2[C@H](C(=O)NCc2ccccc2Cl)C12CCCC2. The third-order valence-electron chi connectivity index (χ3n) is 6.48. The molecule has 1 atom stereocenters. The van der Waals surface area contributed by atoms with E-state index in [1.54, 1.807) is 7.11 Å². The molecule has 0 bridgehead atoms. The maximum atomic E-state index is 13.6. The summed E-state index contributed by atoms with van der Waals surface area (Å²) in [5, 5.41) is 3.73. The minimum atomic E-state index is -0.505. The fourth-order valence-corrected chi connectivity index (χ4v) is 5.30. The van der Waals surface area contributed by atoms with Crippen LogP contribution in [-0.4, -0.2) is 42.5 Å². The molecule has 0 radical (unpaired) electrons. The molecule has 0 saturated heterocycles. The summed E-state index contributed by atoms with van der Waals surface area (Å²) in [4.78, 5) is 28.9. The summed E-state index contributed by atoms with van der Waals surface area (Å²) in [5.74, 6) is -0.466. The molecule has 2 aliphatic rings. The van der Waals surface area contributed by atoms with Crippen LogP contribution >= 0.6 is 11.6 Å². The molecule has 5 nitrogen and oxygen atoms in total. The van der Waals surface area contributed by atoms with Crippen LogP contribution in [0.3, 0.4) is 0 Å². The van der Waals surface area contributed by atoms with E-state index in [9.17, 15) is 9.59 Å². The van der Waals surface area contributed by atoms with Crippen LogP contribution in [0.2, 0.25) is 5.02 Å². The quantitative estimate of drug-likeness (QED) is 0.754. The highest BCUT2D eigenvalue weighted by molar-refractivity contribution is 6.31. The first kappa shape index (κ1) is 20.9. The van der Waals surface area contributed by atoms with Crippen molar-refractivity contribution in [2.45, 2.75) is 43.7 Å². The van der Waals surface area contributed by atoms with Gasteiger partial charge in [-0.15, -0.1) is 0 Å². The van der Waals surface area contributed by atoms with E-state index in [-0.39, 0.29) is 11.8 Å². The number of carbonyl (C=O) groups excluding carboxylic acids is 2. The first-order valence-electron chi connectivity index (χ1n) is 10.5. The molecule has 1 spiro atoms. The number of nitrogens with zero attached hydrogens (tertiary/aromatic N) is 1. The number of hydrogen-bond acceptors (Lipinski definition) is 3. The highest BCUT2D eigenvalue weighted by atomic mass is 35.5. The molecule has 1 saturated carbocycles. The lowest BCUT2D eigenvalue weighted by molar-refractivity contribution is -0.126. The van der Waals surface area contributed by atoms with Gasteiger partial charge in [0.1, 0.15) is 0 Å². The van der Waals surface area contributed by atoms with Crippen molar-refractivity contribution in [1.29, 1.82) is 0 Å². The van der Waals surface area contributed by atoms with Crippen molar-refractivity contribution in [3.8, 4) is 0 Å². The molecule has 0 unspecified atom stereocenters. The largest absolute Gasteiger partial charge is 0.383 e. The summed E-state index contributed by atoms with van der Waals surface area (Å²) in [6.45, 7) is 1.29. The number of rotatable bonds is 6. The normalized spacial score (nSPS) is 19.7. The zero-order chi connectivity index (χ0) is 21.1. The lowest BCUT2D eigenvalue weighted by atomic mass is 9.71. The Kier molecular flexibility index (Phi) is 6.11. The van der Waals surface area contributed by atoms with Gasteiger partial charge in [0.2, 0.25) is 5.91 Å². The molecule has 2 aromatic carbocycles. The molecule has 1 N–H and O–H groups in total. The predicted octanol–water partition coefficient (Wildman–Crippen LogP) is 4.16. The molecule has 1 heterocycles. The van der Waals surface area contributed by atoms with Gasteiger partial charge in [0.05, 0.1) is 18.1 Å². The molecule has 2 amide bonds. The standard InChI is InChI=1S/C24H27ClN2O3/c1-30-15-14-27-23(29)19-10-4-3-9-18(19)21(24(27)12-6-7-13-24)22(28)26-16-17-8-2-5-11-20(17)25/h2-5,8-11,21H,6-7,12-16H2,1H3,(H,26,28)/t21-/m1/s1. The summed E-state index contributed by atoms with van der Waals surface area (Å²) in [6, 6.07) is 15.0. The Labute approximate surface area is 182 Å². The maximum absolute atomic E-state index is 13.6. The zero-order valence-electron chi connectivity index (χ0n) is 17.2. The molecule has 1 aliphatic heterocycles. The molecule has 1 aliphatic carbocycles. The first-order valence-corrected chi connectivity index (χ1v) is 10.9. The van der Waals surface area contributed by atoms with Gasteiger partial charge in [-0.05, 0) is 36.1 Å². The van der Waals surface area contributed by atoms with Crippen LogP contribution in [0.4, 0.5) is 0 Å². The number of nitrogens with one attached hydrogen (secondary N) is 1. The van der Waals surface area contributed by atoms with Crippen LogP contribution in [0.1, 0.15) is 53.1 Å². The lowest BCUT2D eigenvalue weighted by Crippen LogP contribution is -2.61. The molecule has 30 heavy (non-hydrogen) atoms. The minimum absolute atomic E-state index is 0.000274. The summed E-state index contributed by atoms with van der Waals surface area (Å²) < 4.78 is 5.29. The van der Waals surface area contributed by atoms with E-state index in [1.165, 1.54) is 0 Å². The number of fused-ring (bicyclic) bond motifs is 1. The Hall–Kier alpha value is -2.37. The summed E-state index contributed by atoms with van der Waals surface area (Å²) in [6.07, 6.45) is 3.66. The predicted molar refractivity (Wildman–Crippen MR) is 117 cm³/mol. The fourth-order valence-electron chi connectivity index (χ4n) is 5.10. The van der Waals surface area contributed by atoms with E-state index >= 15 is 0 Å². The Morgan fingerprint density at radius 1 is 1.17 bits per heavy atom. The van der Waals surface area contributed by atoms with Gasteiger partial charge in [-0.1, -0.05) is 60.8 Å².